The van der Waals surface area contributed by atoms with Crippen LogP contribution in [0.4, 0.5) is 4.39 Å². The van der Waals surface area contributed by atoms with Gasteiger partial charge < -0.3 is 5.32 Å². The highest BCUT2D eigenvalue weighted by atomic mass is 79.9. The normalized spacial score (nSPS) is 12.7. The molecule has 0 radical (unpaired) electrons. The van der Waals surface area contributed by atoms with Gasteiger partial charge in [-0.05, 0) is 47.6 Å². The van der Waals surface area contributed by atoms with Gasteiger partial charge in [0.1, 0.15) is 5.82 Å². The summed E-state index contributed by atoms with van der Waals surface area (Å²) in [7, 11) is 1.84. The van der Waals surface area contributed by atoms with E-state index in [1.165, 1.54) is 6.07 Å². The first kappa shape index (κ1) is 14.5. The maximum atomic E-state index is 13.3. The summed E-state index contributed by atoms with van der Waals surface area (Å²) in [5.74, 6) is -0.284. The molecule has 1 aromatic carbocycles. The molecule has 0 saturated heterocycles. The quantitative estimate of drug-likeness (QED) is 0.913. The van der Waals surface area contributed by atoms with Crippen LogP contribution in [0, 0.1) is 5.82 Å². The Labute approximate surface area is 124 Å². The predicted octanol–water partition coefficient (Wildman–Crippen LogP) is 3.77. The molecule has 2 aromatic rings. The summed E-state index contributed by atoms with van der Waals surface area (Å²) in [6, 6.07) is 4.79. The highest BCUT2D eigenvalue weighted by molar-refractivity contribution is 9.10. The highest BCUT2D eigenvalue weighted by Gasteiger charge is 2.21. The number of hydrogen-bond donors (Lipinski definition) is 1. The third kappa shape index (κ3) is 2.83. The van der Waals surface area contributed by atoms with Crippen molar-refractivity contribution < 1.29 is 4.39 Å². The van der Waals surface area contributed by atoms with Gasteiger partial charge in [-0.3, -0.25) is 4.68 Å². The van der Waals surface area contributed by atoms with E-state index in [0.717, 1.165) is 17.8 Å². The molecule has 0 aliphatic carbocycles. The van der Waals surface area contributed by atoms with Crippen molar-refractivity contribution in [3.8, 4) is 0 Å². The van der Waals surface area contributed by atoms with Gasteiger partial charge in [0.25, 0.3) is 0 Å². The second kappa shape index (κ2) is 6.03. The number of aryl methyl sites for hydroxylation is 1. The number of aromatic nitrogens is 2. The largest absolute Gasteiger partial charge is 0.308 e. The summed E-state index contributed by atoms with van der Waals surface area (Å²) in [5.41, 5.74) is 1.80. The Morgan fingerprint density at radius 3 is 2.84 bits per heavy atom. The Bertz CT molecular complexity index is 585. The lowest BCUT2D eigenvalue weighted by Crippen LogP contribution is -2.21. The van der Waals surface area contributed by atoms with Crippen molar-refractivity contribution in [2.24, 2.45) is 0 Å². The maximum Gasteiger partial charge on any atom is 0.137 e. The Hall–Kier alpha value is -0.910. The van der Waals surface area contributed by atoms with Crippen LogP contribution >= 0.6 is 27.5 Å². The van der Waals surface area contributed by atoms with E-state index in [0.29, 0.717) is 9.50 Å². The van der Waals surface area contributed by atoms with Gasteiger partial charge in [-0.25, -0.2) is 4.39 Å². The van der Waals surface area contributed by atoms with E-state index in [1.807, 2.05) is 18.7 Å². The van der Waals surface area contributed by atoms with Crippen LogP contribution in [-0.2, 0) is 6.54 Å². The van der Waals surface area contributed by atoms with Crippen LogP contribution < -0.4 is 5.32 Å². The number of rotatable bonds is 4. The van der Waals surface area contributed by atoms with Gasteiger partial charge in [0.2, 0.25) is 0 Å². The van der Waals surface area contributed by atoms with E-state index in [4.69, 9.17) is 11.6 Å². The monoisotopic (exact) mass is 345 g/mol. The molecular formula is C13H14BrClFN3. The molecule has 1 aromatic heterocycles. The summed E-state index contributed by atoms with van der Waals surface area (Å²) in [6.45, 7) is 2.72. The number of nitrogens with zero attached hydrogens (tertiary/aromatic N) is 2. The first-order valence-electron chi connectivity index (χ1n) is 5.91. The van der Waals surface area contributed by atoms with Gasteiger partial charge in [-0.2, -0.15) is 5.10 Å². The molecule has 0 aliphatic rings. The van der Waals surface area contributed by atoms with Crippen LogP contribution in [0.15, 0.2) is 28.9 Å². The van der Waals surface area contributed by atoms with Gasteiger partial charge >= 0.3 is 0 Å². The van der Waals surface area contributed by atoms with Gasteiger partial charge in [0.05, 0.1) is 27.4 Å². The molecule has 3 nitrogen and oxygen atoms in total. The van der Waals surface area contributed by atoms with E-state index in [-0.39, 0.29) is 11.9 Å². The standard InChI is InChI=1S/C13H14BrClFN3/c1-3-19-13(10(15)7-18-19)12(17-2)8-4-5-11(16)9(14)6-8/h4-7,12,17H,3H2,1-2H3. The van der Waals surface area contributed by atoms with E-state index < -0.39 is 0 Å². The topological polar surface area (TPSA) is 29.9 Å². The van der Waals surface area contributed by atoms with Crippen LogP contribution in [0.1, 0.15) is 24.2 Å². The number of halogens is 3. The summed E-state index contributed by atoms with van der Waals surface area (Å²) in [4.78, 5) is 0. The number of hydrogen-bond acceptors (Lipinski definition) is 2. The molecule has 2 rings (SSSR count). The molecule has 0 saturated carbocycles. The molecule has 0 fully saturated rings. The molecule has 0 amide bonds. The Morgan fingerprint density at radius 2 is 2.26 bits per heavy atom. The zero-order valence-corrected chi connectivity index (χ0v) is 13.0. The minimum absolute atomic E-state index is 0.133. The zero-order valence-electron chi connectivity index (χ0n) is 10.6. The predicted molar refractivity (Wildman–Crippen MR) is 77.9 cm³/mol. The van der Waals surface area contributed by atoms with Crippen LogP contribution in [-0.4, -0.2) is 16.8 Å². The van der Waals surface area contributed by atoms with Crippen LogP contribution in [0.25, 0.3) is 0 Å². The van der Waals surface area contributed by atoms with Crippen molar-refractivity contribution in [3.05, 3.63) is 51.0 Å². The lowest BCUT2D eigenvalue weighted by atomic mass is 10.0. The van der Waals surface area contributed by atoms with Crippen molar-refractivity contribution in [2.45, 2.75) is 19.5 Å². The van der Waals surface area contributed by atoms with Crippen LogP contribution in [0.3, 0.4) is 0 Å². The lowest BCUT2D eigenvalue weighted by Gasteiger charge is -2.19. The Kier molecular flexibility index (Phi) is 4.60. The average Bonchev–Trinajstić information content (AvgIpc) is 2.76. The highest BCUT2D eigenvalue weighted by Crippen LogP contribution is 2.30. The Balaban J connectivity index is 2.49. The molecule has 102 valence electrons. The van der Waals surface area contributed by atoms with E-state index >= 15 is 0 Å². The molecule has 19 heavy (non-hydrogen) atoms. The van der Waals surface area contributed by atoms with Crippen LogP contribution in [0.2, 0.25) is 5.02 Å². The minimum atomic E-state index is -0.284. The maximum absolute atomic E-state index is 13.3. The molecule has 1 atom stereocenters. The average molecular weight is 347 g/mol. The molecule has 1 unspecified atom stereocenters. The molecule has 0 aliphatic heterocycles. The van der Waals surface area contributed by atoms with Gasteiger partial charge in [0, 0.05) is 6.54 Å². The molecular weight excluding hydrogens is 333 g/mol. The van der Waals surface area contributed by atoms with E-state index in [2.05, 4.69) is 26.3 Å². The lowest BCUT2D eigenvalue weighted by molar-refractivity contribution is 0.561. The fourth-order valence-electron chi connectivity index (χ4n) is 2.06. The van der Waals surface area contributed by atoms with Gasteiger partial charge in [-0.1, -0.05) is 17.7 Å². The summed E-state index contributed by atoms with van der Waals surface area (Å²) in [6.07, 6.45) is 1.63. The number of benzene rings is 1. The first-order valence-corrected chi connectivity index (χ1v) is 7.09. The zero-order chi connectivity index (χ0) is 14.0. The second-order valence-electron chi connectivity index (χ2n) is 4.09. The molecule has 1 heterocycles. The Morgan fingerprint density at radius 1 is 1.53 bits per heavy atom. The van der Waals surface area contributed by atoms with Crippen molar-refractivity contribution in [2.75, 3.05) is 7.05 Å². The van der Waals surface area contributed by atoms with Crippen molar-refractivity contribution >= 4 is 27.5 Å². The van der Waals surface area contributed by atoms with Crippen molar-refractivity contribution in [3.63, 3.8) is 0 Å². The third-order valence-corrected chi connectivity index (χ3v) is 3.87. The molecule has 0 spiro atoms. The van der Waals surface area contributed by atoms with Crippen molar-refractivity contribution in [1.82, 2.24) is 15.1 Å². The molecule has 6 heteroatoms. The first-order chi connectivity index (χ1) is 9.08. The summed E-state index contributed by atoms with van der Waals surface area (Å²) >= 11 is 9.41. The SMILES string of the molecule is CCn1ncc(Cl)c1C(NC)c1ccc(F)c(Br)c1. The molecule has 0 bridgehead atoms. The number of nitrogens with one attached hydrogen (secondary N) is 1. The minimum Gasteiger partial charge on any atom is -0.308 e. The van der Waals surface area contributed by atoms with E-state index in [9.17, 15) is 4.39 Å². The van der Waals surface area contributed by atoms with Crippen LogP contribution in [0.5, 0.6) is 0 Å². The fourth-order valence-corrected chi connectivity index (χ4v) is 2.71. The molecule has 1 N–H and O–H groups in total. The van der Waals surface area contributed by atoms with E-state index in [1.54, 1.807) is 18.3 Å². The fraction of sp³-hybridized carbons (Fsp3) is 0.308. The third-order valence-electron chi connectivity index (χ3n) is 2.97. The summed E-state index contributed by atoms with van der Waals surface area (Å²) < 4.78 is 15.6. The smallest absolute Gasteiger partial charge is 0.137 e. The van der Waals surface area contributed by atoms with Gasteiger partial charge in [0.15, 0.2) is 0 Å². The van der Waals surface area contributed by atoms with Crippen molar-refractivity contribution in [1.29, 1.82) is 0 Å². The summed E-state index contributed by atoms with van der Waals surface area (Å²) in [5, 5.41) is 8.02. The second-order valence-corrected chi connectivity index (χ2v) is 5.35. The van der Waals surface area contributed by atoms with Gasteiger partial charge in [-0.15, -0.1) is 0 Å².